The molecule has 2 aliphatic rings. The number of aliphatic carboxylic acids is 1. The molecule has 0 aromatic heterocycles. The molecule has 4 rings (SSSR count). The summed E-state index contributed by atoms with van der Waals surface area (Å²) in [6.45, 7) is 2.54. The topological polar surface area (TPSA) is 76.5 Å². The quantitative estimate of drug-likeness (QED) is 0.772. The van der Waals surface area contributed by atoms with Gasteiger partial charge in [0.05, 0.1) is 5.69 Å². The van der Waals surface area contributed by atoms with Gasteiger partial charge in [0, 0.05) is 51.1 Å². The zero-order valence-electron chi connectivity index (χ0n) is 17.8. The Labute approximate surface area is 181 Å². The Morgan fingerprint density at radius 1 is 1.03 bits per heavy atom. The van der Waals surface area contributed by atoms with E-state index in [0.29, 0.717) is 12.1 Å². The summed E-state index contributed by atoms with van der Waals surface area (Å²) in [5.74, 6) is -0.129. The number of carbonyl (C=O) groups excluding carboxylic acids is 1. The number of benzene rings is 2. The van der Waals surface area contributed by atoms with Gasteiger partial charge in [0.2, 0.25) is 5.96 Å². The van der Waals surface area contributed by atoms with E-state index in [-0.39, 0.29) is 5.91 Å². The van der Waals surface area contributed by atoms with E-state index in [2.05, 4.69) is 9.80 Å². The minimum absolute atomic E-state index is 0.0556. The van der Waals surface area contributed by atoms with Gasteiger partial charge in [-0.25, -0.2) is 9.79 Å². The van der Waals surface area contributed by atoms with Gasteiger partial charge in [-0.15, -0.1) is 0 Å². The molecule has 160 valence electrons. The Bertz CT molecular complexity index is 1060. The van der Waals surface area contributed by atoms with Gasteiger partial charge < -0.3 is 19.8 Å². The van der Waals surface area contributed by atoms with Crippen molar-refractivity contribution in [2.45, 2.75) is 12.8 Å². The average Bonchev–Trinajstić information content (AvgIpc) is 3.18. The Kier molecular flexibility index (Phi) is 5.75. The number of rotatable bonds is 4. The zero-order chi connectivity index (χ0) is 22.0. The van der Waals surface area contributed by atoms with Crippen LogP contribution in [0, 0.1) is 0 Å². The second kappa shape index (κ2) is 8.63. The lowest BCUT2D eigenvalue weighted by atomic mass is 10.1. The van der Waals surface area contributed by atoms with E-state index < -0.39 is 5.97 Å². The molecular formula is C24H26N4O3. The molecule has 0 aliphatic carbocycles. The van der Waals surface area contributed by atoms with Crippen molar-refractivity contribution in [1.29, 1.82) is 0 Å². The van der Waals surface area contributed by atoms with Crippen molar-refractivity contribution >= 4 is 35.3 Å². The molecule has 7 nitrogen and oxygen atoms in total. The lowest BCUT2D eigenvalue weighted by Crippen LogP contribution is -2.46. The fraction of sp³-hybridized carbons (Fsp3) is 0.292. The average molecular weight is 418 g/mol. The van der Waals surface area contributed by atoms with E-state index in [1.54, 1.807) is 11.0 Å². The van der Waals surface area contributed by atoms with Crippen LogP contribution < -0.4 is 4.90 Å². The van der Waals surface area contributed by atoms with Gasteiger partial charge in [0.15, 0.2) is 0 Å². The molecule has 7 heteroatoms. The molecule has 1 saturated heterocycles. The number of fused-ring (bicyclic) bond motifs is 1. The van der Waals surface area contributed by atoms with Crippen LogP contribution in [0.2, 0.25) is 0 Å². The standard InChI is InChI=1S/C24H26N4O3/c1-26-12-4-13-27(2)24(26)25-20-6-3-5-19(16-20)23(31)28-14-11-18-15-17(7-9-21(18)28)8-10-22(29)30/h3,5-10,15-16H,4,11-14H2,1-2H3,(H,29,30)/b10-8+. The molecule has 2 heterocycles. The van der Waals surface area contributed by atoms with Crippen molar-refractivity contribution in [3.63, 3.8) is 0 Å². The second-order valence-corrected chi connectivity index (χ2v) is 7.93. The first-order valence-corrected chi connectivity index (χ1v) is 10.4. The van der Waals surface area contributed by atoms with Gasteiger partial charge >= 0.3 is 5.97 Å². The van der Waals surface area contributed by atoms with Gasteiger partial charge in [-0.2, -0.15) is 0 Å². The number of carbonyl (C=O) groups is 2. The van der Waals surface area contributed by atoms with E-state index >= 15 is 0 Å². The summed E-state index contributed by atoms with van der Waals surface area (Å²) in [6.07, 6.45) is 4.53. The highest BCUT2D eigenvalue weighted by Gasteiger charge is 2.26. The maximum absolute atomic E-state index is 13.2. The molecule has 1 amide bonds. The van der Waals surface area contributed by atoms with Crippen molar-refractivity contribution < 1.29 is 14.7 Å². The van der Waals surface area contributed by atoms with Crippen LogP contribution in [0.5, 0.6) is 0 Å². The van der Waals surface area contributed by atoms with Crippen LogP contribution in [-0.4, -0.2) is 66.5 Å². The third-order valence-corrected chi connectivity index (χ3v) is 5.65. The highest BCUT2D eigenvalue weighted by molar-refractivity contribution is 6.07. The highest BCUT2D eigenvalue weighted by Crippen LogP contribution is 2.31. The molecule has 1 fully saturated rings. The monoisotopic (exact) mass is 418 g/mol. The molecule has 0 unspecified atom stereocenters. The number of nitrogens with zero attached hydrogens (tertiary/aromatic N) is 4. The second-order valence-electron chi connectivity index (χ2n) is 7.93. The molecule has 0 spiro atoms. The summed E-state index contributed by atoms with van der Waals surface area (Å²) < 4.78 is 0. The maximum Gasteiger partial charge on any atom is 0.328 e. The first-order valence-electron chi connectivity index (χ1n) is 10.4. The Hall–Kier alpha value is -3.61. The van der Waals surface area contributed by atoms with E-state index in [1.165, 1.54) is 0 Å². The van der Waals surface area contributed by atoms with Gasteiger partial charge in [-0.3, -0.25) is 4.79 Å². The third kappa shape index (κ3) is 4.45. The number of carboxylic acids is 1. The summed E-state index contributed by atoms with van der Waals surface area (Å²) in [5, 5.41) is 8.81. The summed E-state index contributed by atoms with van der Waals surface area (Å²) in [4.78, 5) is 34.8. The fourth-order valence-corrected chi connectivity index (χ4v) is 4.09. The van der Waals surface area contributed by atoms with Crippen molar-refractivity contribution in [2.75, 3.05) is 38.6 Å². The fourth-order valence-electron chi connectivity index (χ4n) is 4.09. The summed E-state index contributed by atoms with van der Waals surface area (Å²) in [6, 6.07) is 13.1. The first kappa shape index (κ1) is 20.7. The predicted molar refractivity (Wildman–Crippen MR) is 122 cm³/mol. The Morgan fingerprint density at radius 2 is 1.81 bits per heavy atom. The van der Waals surface area contributed by atoms with Crippen LogP contribution in [0.4, 0.5) is 11.4 Å². The van der Waals surface area contributed by atoms with Crippen LogP contribution in [0.3, 0.4) is 0 Å². The molecule has 1 N–H and O–H groups in total. The van der Waals surface area contributed by atoms with Crippen LogP contribution >= 0.6 is 0 Å². The number of hydrogen-bond donors (Lipinski definition) is 1. The highest BCUT2D eigenvalue weighted by atomic mass is 16.4. The van der Waals surface area contributed by atoms with Gasteiger partial charge in [-0.05, 0) is 60.4 Å². The molecule has 2 aromatic carbocycles. The van der Waals surface area contributed by atoms with E-state index in [1.807, 2.05) is 56.6 Å². The maximum atomic E-state index is 13.2. The smallest absolute Gasteiger partial charge is 0.328 e. The lowest BCUT2D eigenvalue weighted by molar-refractivity contribution is -0.131. The Morgan fingerprint density at radius 3 is 2.55 bits per heavy atom. The number of guanidine groups is 1. The largest absolute Gasteiger partial charge is 0.478 e. The van der Waals surface area contributed by atoms with Crippen LogP contribution in [0.15, 0.2) is 53.5 Å². The van der Waals surface area contributed by atoms with Crippen molar-refractivity contribution in [3.05, 3.63) is 65.2 Å². The minimum atomic E-state index is -0.980. The first-order chi connectivity index (χ1) is 14.9. The number of carboxylic acid groups (broad SMARTS) is 1. The number of amides is 1. The number of aliphatic imine (C=N–C) groups is 1. The molecule has 0 radical (unpaired) electrons. The van der Waals surface area contributed by atoms with Crippen LogP contribution in [0.1, 0.15) is 27.9 Å². The van der Waals surface area contributed by atoms with Crippen LogP contribution in [-0.2, 0) is 11.2 Å². The summed E-state index contributed by atoms with van der Waals surface area (Å²) >= 11 is 0. The SMILES string of the molecule is CN1CCCN(C)C1=Nc1cccc(C(=O)N2CCc3cc(/C=C/C(=O)O)ccc32)c1. The minimum Gasteiger partial charge on any atom is -0.478 e. The number of hydrogen-bond acceptors (Lipinski definition) is 3. The van der Waals surface area contributed by atoms with E-state index in [9.17, 15) is 9.59 Å². The molecule has 2 aliphatic heterocycles. The molecular weight excluding hydrogens is 392 g/mol. The summed E-state index contributed by atoms with van der Waals surface area (Å²) in [7, 11) is 4.06. The van der Waals surface area contributed by atoms with Crippen molar-refractivity contribution in [3.8, 4) is 0 Å². The van der Waals surface area contributed by atoms with Crippen molar-refractivity contribution in [1.82, 2.24) is 9.80 Å². The van der Waals surface area contributed by atoms with Gasteiger partial charge in [-0.1, -0.05) is 12.1 Å². The Balaban J connectivity index is 1.57. The van der Waals surface area contributed by atoms with E-state index in [0.717, 1.165) is 60.5 Å². The van der Waals surface area contributed by atoms with Crippen LogP contribution in [0.25, 0.3) is 6.08 Å². The lowest BCUT2D eigenvalue weighted by Gasteiger charge is -2.34. The normalized spacial score (nSPS) is 16.1. The predicted octanol–water partition coefficient (Wildman–Crippen LogP) is 3.24. The zero-order valence-corrected chi connectivity index (χ0v) is 17.8. The molecule has 0 saturated carbocycles. The number of anilines is 1. The van der Waals surface area contributed by atoms with Crippen molar-refractivity contribution in [2.24, 2.45) is 4.99 Å². The molecule has 31 heavy (non-hydrogen) atoms. The molecule has 0 atom stereocenters. The molecule has 2 aromatic rings. The summed E-state index contributed by atoms with van der Waals surface area (Å²) in [5.41, 5.74) is 4.10. The van der Waals surface area contributed by atoms with E-state index in [4.69, 9.17) is 10.1 Å². The van der Waals surface area contributed by atoms with Gasteiger partial charge in [0.1, 0.15) is 0 Å². The third-order valence-electron chi connectivity index (χ3n) is 5.65. The molecule has 0 bridgehead atoms. The van der Waals surface area contributed by atoms with Gasteiger partial charge in [0.25, 0.3) is 5.91 Å².